The zero-order valence-corrected chi connectivity index (χ0v) is 25.2. The smallest absolute Gasteiger partial charge is 0.226 e. The van der Waals surface area contributed by atoms with Crippen molar-refractivity contribution in [3.8, 4) is 17.0 Å². The average Bonchev–Trinajstić information content (AvgIpc) is 3.48. The molecule has 226 valence electrons. The number of aromatic amines is 1. The van der Waals surface area contributed by atoms with Gasteiger partial charge in [0.25, 0.3) is 0 Å². The molecule has 3 N–H and O–H groups in total. The van der Waals surface area contributed by atoms with Crippen LogP contribution in [0.1, 0.15) is 50.9 Å². The molecule has 3 heterocycles. The number of hydrogen-bond donors (Lipinski definition) is 3. The van der Waals surface area contributed by atoms with Gasteiger partial charge in [0.2, 0.25) is 5.91 Å². The average molecular weight is 608 g/mol. The van der Waals surface area contributed by atoms with E-state index in [9.17, 15) is 14.0 Å². The Morgan fingerprint density at radius 2 is 2.00 bits per heavy atom. The van der Waals surface area contributed by atoms with Crippen LogP contribution in [0.2, 0.25) is 5.02 Å². The molecule has 1 saturated heterocycles. The molecule has 12 heteroatoms. The van der Waals surface area contributed by atoms with E-state index in [1.54, 1.807) is 19.4 Å². The highest BCUT2D eigenvalue weighted by atomic mass is 35.5. The number of anilines is 2. The molecule has 1 fully saturated rings. The van der Waals surface area contributed by atoms with Gasteiger partial charge in [-0.2, -0.15) is 0 Å². The Bertz CT molecular complexity index is 1620. The number of aromatic nitrogens is 4. The van der Waals surface area contributed by atoms with E-state index in [1.165, 1.54) is 18.5 Å². The minimum absolute atomic E-state index is 0.00125. The van der Waals surface area contributed by atoms with Crippen LogP contribution in [0, 0.1) is 11.7 Å². The van der Waals surface area contributed by atoms with Crippen LogP contribution in [0.15, 0.2) is 42.9 Å². The summed E-state index contributed by atoms with van der Waals surface area (Å²) >= 11 is 5.98. The highest BCUT2D eigenvalue weighted by Gasteiger charge is 2.32. The summed E-state index contributed by atoms with van der Waals surface area (Å²) in [6.45, 7) is 3.32. The second-order valence-corrected chi connectivity index (χ2v) is 11.3. The number of benzene rings is 2. The molecule has 4 aromatic rings. The molecule has 2 aromatic carbocycles. The van der Waals surface area contributed by atoms with Crippen molar-refractivity contribution in [1.29, 1.82) is 0 Å². The van der Waals surface area contributed by atoms with E-state index in [2.05, 4.69) is 35.5 Å². The third-order valence-electron chi connectivity index (χ3n) is 7.70. The Balaban J connectivity index is 1.43. The molecule has 5 rings (SSSR count). The van der Waals surface area contributed by atoms with Gasteiger partial charge in [-0.25, -0.2) is 19.3 Å². The SMILES string of the molecule is CCC(=O)CCCC[C@H](NC(=O)C1CN(C)C1)c1ncc(-c2cc3c(Nc4ccc(F)c(Cl)c4)ncnc3cc2OC)[nH]1. The summed E-state index contributed by atoms with van der Waals surface area (Å²) in [4.78, 5) is 43.8. The van der Waals surface area contributed by atoms with Gasteiger partial charge in [-0.3, -0.25) is 9.59 Å². The molecule has 0 aliphatic carbocycles. The Morgan fingerprint density at radius 3 is 2.72 bits per heavy atom. The third-order valence-corrected chi connectivity index (χ3v) is 7.99. The van der Waals surface area contributed by atoms with Crippen LogP contribution in [0.4, 0.5) is 15.9 Å². The van der Waals surface area contributed by atoms with Gasteiger partial charge in [0.15, 0.2) is 0 Å². The van der Waals surface area contributed by atoms with Crippen molar-refractivity contribution in [2.75, 3.05) is 32.6 Å². The van der Waals surface area contributed by atoms with E-state index in [1.807, 2.05) is 26.1 Å². The number of carbonyl (C=O) groups excluding carboxylic acids is 2. The number of ether oxygens (including phenoxy) is 1. The summed E-state index contributed by atoms with van der Waals surface area (Å²) in [5, 5.41) is 7.08. The first kappa shape index (κ1) is 30.4. The molecule has 0 radical (unpaired) electrons. The monoisotopic (exact) mass is 607 g/mol. The van der Waals surface area contributed by atoms with Gasteiger partial charge in [0.05, 0.1) is 41.5 Å². The highest BCUT2D eigenvalue weighted by molar-refractivity contribution is 6.31. The molecule has 1 atom stereocenters. The van der Waals surface area contributed by atoms with Gasteiger partial charge in [-0.15, -0.1) is 0 Å². The lowest BCUT2D eigenvalue weighted by Gasteiger charge is -2.35. The van der Waals surface area contributed by atoms with E-state index in [0.717, 1.165) is 31.5 Å². The number of carbonyl (C=O) groups is 2. The number of ketones is 1. The van der Waals surface area contributed by atoms with Gasteiger partial charge < -0.3 is 25.3 Å². The van der Waals surface area contributed by atoms with Crippen LogP contribution in [0.3, 0.4) is 0 Å². The number of fused-ring (bicyclic) bond motifs is 1. The number of halogens is 2. The van der Waals surface area contributed by atoms with Crippen LogP contribution in [0.5, 0.6) is 5.75 Å². The quantitative estimate of drug-likeness (QED) is 0.162. The number of methoxy groups -OCH3 is 1. The fraction of sp³-hybridized carbons (Fsp3) is 0.387. The maximum absolute atomic E-state index is 13.7. The number of imidazole rings is 1. The standard InChI is InChI=1S/C31H35ClFN7O3/c1-4-20(41)7-5-6-8-25(39-31(42)18-15-40(2)16-18)30-34-14-27(38-30)21-12-22-26(13-28(21)43-3)35-17-36-29(22)37-19-9-10-24(33)23(32)11-19/h9-14,17-18,25H,4-8,15-16H2,1-3H3,(H,34,38)(H,39,42)(H,35,36,37)/t25-/m0/s1. The third kappa shape index (κ3) is 7.11. The van der Waals surface area contributed by atoms with Crippen molar-refractivity contribution >= 4 is 45.7 Å². The van der Waals surface area contributed by atoms with Gasteiger partial charge in [-0.05, 0) is 44.2 Å². The molecule has 10 nitrogen and oxygen atoms in total. The molecular formula is C31H35ClFN7O3. The van der Waals surface area contributed by atoms with Gasteiger partial charge in [-0.1, -0.05) is 24.9 Å². The summed E-state index contributed by atoms with van der Waals surface area (Å²) in [7, 11) is 3.57. The van der Waals surface area contributed by atoms with Crippen molar-refractivity contribution in [1.82, 2.24) is 30.2 Å². The van der Waals surface area contributed by atoms with E-state index >= 15 is 0 Å². The van der Waals surface area contributed by atoms with Gasteiger partial charge in [0, 0.05) is 48.6 Å². The first-order valence-electron chi connectivity index (χ1n) is 14.4. The first-order chi connectivity index (χ1) is 20.7. The maximum atomic E-state index is 13.7. The molecule has 0 unspecified atom stereocenters. The molecular weight excluding hydrogens is 573 g/mol. The Hall–Kier alpha value is -4.09. The fourth-order valence-electron chi connectivity index (χ4n) is 5.20. The van der Waals surface area contributed by atoms with E-state index in [4.69, 9.17) is 16.3 Å². The van der Waals surface area contributed by atoms with Gasteiger partial charge in [0.1, 0.15) is 35.3 Å². The number of nitrogens with one attached hydrogen (secondary N) is 3. The van der Waals surface area contributed by atoms with Crippen LogP contribution < -0.4 is 15.4 Å². The van der Waals surface area contributed by atoms with Crippen LogP contribution >= 0.6 is 11.6 Å². The van der Waals surface area contributed by atoms with Crippen molar-refractivity contribution in [3.05, 3.63) is 59.5 Å². The predicted molar refractivity (Wildman–Crippen MR) is 164 cm³/mol. The molecule has 2 aromatic heterocycles. The van der Waals surface area contributed by atoms with E-state index in [0.29, 0.717) is 58.9 Å². The van der Waals surface area contributed by atoms with Crippen LogP contribution in [-0.4, -0.2) is 63.8 Å². The van der Waals surface area contributed by atoms with Crippen molar-refractivity contribution < 1.29 is 18.7 Å². The number of amides is 1. The number of rotatable bonds is 13. The summed E-state index contributed by atoms with van der Waals surface area (Å²) in [5.41, 5.74) is 2.63. The number of H-pyrrole nitrogens is 1. The lowest BCUT2D eigenvalue weighted by Crippen LogP contribution is -2.52. The molecule has 0 spiro atoms. The zero-order valence-electron chi connectivity index (χ0n) is 24.4. The molecule has 0 bridgehead atoms. The topological polar surface area (TPSA) is 125 Å². The summed E-state index contributed by atoms with van der Waals surface area (Å²) in [5.74, 6) is 1.40. The maximum Gasteiger partial charge on any atom is 0.226 e. The summed E-state index contributed by atoms with van der Waals surface area (Å²) in [6.07, 6.45) is 6.39. The normalized spacial score (nSPS) is 14.3. The van der Waals surface area contributed by atoms with Crippen molar-refractivity contribution in [2.45, 2.75) is 45.1 Å². The van der Waals surface area contributed by atoms with Crippen LogP contribution in [0.25, 0.3) is 22.2 Å². The lowest BCUT2D eigenvalue weighted by atomic mass is 9.98. The van der Waals surface area contributed by atoms with Gasteiger partial charge >= 0.3 is 0 Å². The molecule has 43 heavy (non-hydrogen) atoms. The molecule has 1 amide bonds. The minimum Gasteiger partial charge on any atom is -0.496 e. The number of likely N-dealkylation sites (tertiary alicyclic amines) is 1. The number of Topliss-reactive ketones (excluding diaryl/α,β-unsaturated/α-hetero) is 1. The summed E-state index contributed by atoms with van der Waals surface area (Å²) in [6, 6.07) is 7.73. The Morgan fingerprint density at radius 1 is 1.19 bits per heavy atom. The molecule has 0 saturated carbocycles. The van der Waals surface area contributed by atoms with E-state index < -0.39 is 5.82 Å². The Labute approximate surface area is 254 Å². The lowest BCUT2D eigenvalue weighted by molar-refractivity contribution is -0.130. The van der Waals surface area contributed by atoms with Crippen LogP contribution in [-0.2, 0) is 9.59 Å². The summed E-state index contributed by atoms with van der Waals surface area (Å²) < 4.78 is 19.4. The number of unbranched alkanes of at least 4 members (excludes halogenated alkanes) is 1. The van der Waals surface area contributed by atoms with Crippen molar-refractivity contribution in [2.24, 2.45) is 5.92 Å². The Kier molecular flexibility index (Phi) is 9.52. The second-order valence-electron chi connectivity index (χ2n) is 10.8. The molecule has 1 aliphatic heterocycles. The molecule has 1 aliphatic rings. The highest BCUT2D eigenvalue weighted by Crippen LogP contribution is 2.36. The second kappa shape index (κ2) is 13.5. The van der Waals surface area contributed by atoms with Crippen molar-refractivity contribution in [3.63, 3.8) is 0 Å². The fourth-order valence-corrected chi connectivity index (χ4v) is 5.38. The largest absolute Gasteiger partial charge is 0.496 e. The minimum atomic E-state index is -0.509. The number of hydrogen-bond acceptors (Lipinski definition) is 8. The number of nitrogens with zero attached hydrogens (tertiary/aromatic N) is 4. The van der Waals surface area contributed by atoms with E-state index in [-0.39, 0.29) is 28.7 Å². The predicted octanol–water partition coefficient (Wildman–Crippen LogP) is 5.82. The zero-order chi connectivity index (χ0) is 30.5. The first-order valence-corrected chi connectivity index (χ1v) is 14.7.